The predicted octanol–water partition coefficient (Wildman–Crippen LogP) is 1.39. The Morgan fingerprint density at radius 2 is 1.44 bits per heavy atom. The van der Waals surface area contributed by atoms with Crippen molar-refractivity contribution in [2.75, 3.05) is 5.32 Å². The van der Waals surface area contributed by atoms with Gasteiger partial charge in [0.05, 0.1) is 0 Å². The minimum atomic E-state index is -0.505. The lowest BCUT2D eigenvalue weighted by atomic mass is 10.3. The summed E-state index contributed by atoms with van der Waals surface area (Å²) in [6.07, 6.45) is 0. The van der Waals surface area contributed by atoms with Gasteiger partial charge in [-0.25, -0.2) is 14.2 Å². The summed E-state index contributed by atoms with van der Waals surface area (Å²) in [7, 11) is 0. The highest BCUT2D eigenvalue weighted by Gasteiger charge is 2.17. The molecule has 0 saturated carbocycles. The smallest absolute Gasteiger partial charge is 0.353 e. The minimum absolute atomic E-state index is 0.0585. The first-order chi connectivity index (χ1) is 8.25. The van der Waals surface area contributed by atoms with Crippen LogP contribution in [0.3, 0.4) is 0 Å². The summed E-state index contributed by atoms with van der Waals surface area (Å²) >= 11 is 0. The van der Waals surface area contributed by atoms with Gasteiger partial charge in [-0.2, -0.15) is 4.98 Å². The predicted molar refractivity (Wildman–Crippen MR) is 72.3 cm³/mol. The molecule has 0 aliphatic rings. The Balaban J connectivity index is 3.57. The number of nitrogens with one attached hydrogen (secondary N) is 1. The molecular weight excluding hydrogens is 232 g/mol. The van der Waals surface area contributed by atoms with Gasteiger partial charge in [0.25, 0.3) is 0 Å². The number of aromatic nitrogens is 3. The Bertz CT molecular complexity index is 526. The number of rotatable bonds is 4. The Kier molecular flexibility index (Phi) is 4.32. The highest BCUT2D eigenvalue weighted by molar-refractivity contribution is 5.25. The largest absolute Gasteiger partial charge is 0.355 e. The van der Waals surface area contributed by atoms with Crippen molar-refractivity contribution in [2.24, 2.45) is 0 Å². The van der Waals surface area contributed by atoms with Crippen molar-refractivity contribution in [2.45, 2.75) is 59.7 Å². The van der Waals surface area contributed by atoms with Gasteiger partial charge in [0, 0.05) is 18.1 Å². The van der Waals surface area contributed by atoms with Crippen LogP contribution in [0.4, 0.5) is 5.95 Å². The molecule has 0 bridgehead atoms. The van der Waals surface area contributed by atoms with Crippen LogP contribution in [0.1, 0.15) is 53.6 Å². The highest BCUT2D eigenvalue weighted by atomic mass is 16.2. The van der Waals surface area contributed by atoms with Crippen LogP contribution < -0.4 is 16.7 Å². The van der Waals surface area contributed by atoms with Gasteiger partial charge >= 0.3 is 11.4 Å². The molecule has 0 amide bonds. The molecule has 1 N–H and O–H groups in total. The van der Waals surface area contributed by atoms with Crippen LogP contribution in [-0.4, -0.2) is 20.2 Å². The van der Waals surface area contributed by atoms with Crippen LogP contribution >= 0.6 is 0 Å². The first-order valence-corrected chi connectivity index (χ1v) is 6.27. The Morgan fingerprint density at radius 1 is 0.944 bits per heavy atom. The Labute approximate surface area is 107 Å². The van der Waals surface area contributed by atoms with Crippen LogP contribution in [0.5, 0.6) is 0 Å². The molecular formula is C12H22N4O2. The van der Waals surface area contributed by atoms with Crippen molar-refractivity contribution in [1.29, 1.82) is 0 Å². The van der Waals surface area contributed by atoms with Crippen molar-refractivity contribution in [1.82, 2.24) is 14.1 Å². The Hall–Kier alpha value is -1.59. The molecule has 1 rings (SSSR count). The van der Waals surface area contributed by atoms with Gasteiger partial charge in [-0.3, -0.25) is 4.57 Å². The lowest BCUT2D eigenvalue weighted by molar-refractivity contribution is 0.458. The number of nitrogens with zero attached hydrogens (tertiary/aromatic N) is 3. The van der Waals surface area contributed by atoms with E-state index in [0.29, 0.717) is 5.95 Å². The molecule has 0 atom stereocenters. The van der Waals surface area contributed by atoms with E-state index in [9.17, 15) is 9.59 Å². The molecule has 0 aliphatic heterocycles. The zero-order valence-electron chi connectivity index (χ0n) is 11.9. The number of anilines is 1. The third-order valence-electron chi connectivity index (χ3n) is 2.50. The molecule has 0 fully saturated rings. The lowest BCUT2D eigenvalue weighted by Gasteiger charge is -2.20. The fourth-order valence-corrected chi connectivity index (χ4v) is 1.75. The zero-order chi connectivity index (χ0) is 14.0. The van der Waals surface area contributed by atoms with Gasteiger partial charge in [-0.15, -0.1) is 0 Å². The van der Waals surface area contributed by atoms with Crippen LogP contribution in [0.25, 0.3) is 0 Å². The van der Waals surface area contributed by atoms with E-state index in [2.05, 4.69) is 10.3 Å². The van der Waals surface area contributed by atoms with Gasteiger partial charge in [0.2, 0.25) is 5.95 Å². The van der Waals surface area contributed by atoms with E-state index >= 15 is 0 Å². The van der Waals surface area contributed by atoms with E-state index in [-0.39, 0.29) is 23.8 Å². The number of hydrogen-bond donors (Lipinski definition) is 1. The van der Waals surface area contributed by atoms with Crippen LogP contribution in [-0.2, 0) is 0 Å². The van der Waals surface area contributed by atoms with Crippen molar-refractivity contribution in [3.05, 3.63) is 21.0 Å². The molecule has 0 aromatic carbocycles. The fourth-order valence-electron chi connectivity index (χ4n) is 1.75. The summed E-state index contributed by atoms with van der Waals surface area (Å²) in [6, 6.07) is -0.149. The maximum Gasteiger partial charge on any atom is 0.355 e. The minimum Gasteiger partial charge on any atom is -0.353 e. The van der Waals surface area contributed by atoms with Crippen molar-refractivity contribution < 1.29 is 0 Å². The molecule has 0 spiro atoms. The first-order valence-electron chi connectivity index (χ1n) is 6.27. The van der Waals surface area contributed by atoms with Gasteiger partial charge in [-0.05, 0) is 41.5 Å². The monoisotopic (exact) mass is 254 g/mol. The second kappa shape index (κ2) is 5.37. The third-order valence-corrected chi connectivity index (χ3v) is 2.50. The van der Waals surface area contributed by atoms with Crippen molar-refractivity contribution >= 4 is 5.95 Å². The van der Waals surface area contributed by atoms with Crippen LogP contribution in [0.15, 0.2) is 9.59 Å². The van der Waals surface area contributed by atoms with E-state index in [0.717, 1.165) is 0 Å². The summed E-state index contributed by atoms with van der Waals surface area (Å²) in [5.74, 6) is 0.340. The van der Waals surface area contributed by atoms with E-state index in [1.165, 1.54) is 9.13 Å². The molecule has 6 heteroatoms. The standard InChI is InChI=1S/C12H22N4O2/c1-7(2)13-10-14-11(17)16(9(5)6)12(18)15(10)8(3)4/h7-9H,1-6H3,(H,13,14,17). The molecule has 0 radical (unpaired) electrons. The highest BCUT2D eigenvalue weighted by Crippen LogP contribution is 2.09. The summed E-state index contributed by atoms with van der Waals surface area (Å²) in [5, 5.41) is 3.04. The van der Waals surface area contributed by atoms with Gasteiger partial charge < -0.3 is 5.32 Å². The molecule has 0 unspecified atom stereocenters. The maximum atomic E-state index is 12.3. The summed E-state index contributed by atoms with van der Waals surface area (Å²) < 4.78 is 2.69. The lowest BCUT2D eigenvalue weighted by Crippen LogP contribution is -2.44. The topological polar surface area (TPSA) is 68.9 Å². The molecule has 1 aromatic rings. The van der Waals surface area contributed by atoms with Crippen LogP contribution in [0, 0.1) is 0 Å². The normalized spacial score (nSPS) is 11.6. The van der Waals surface area contributed by atoms with Gasteiger partial charge in [0.15, 0.2) is 0 Å². The van der Waals surface area contributed by atoms with Gasteiger partial charge in [0.1, 0.15) is 0 Å². The second-order valence-corrected chi connectivity index (χ2v) is 5.23. The van der Waals surface area contributed by atoms with Crippen molar-refractivity contribution in [3.8, 4) is 0 Å². The molecule has 6 nitrogen and oxygen atoms in total. The summed E-state index contributed by atoms with van der Waals surface area (Å²) in [6.45, 7) is 11.2. The summed E-state index contributed by atoms with van der Waals surface area (Å²) in [5.41, 5.74) is -0.821. The average molecular weight is 254 g/mol. The van der Waals surface area contributed by atoms with E-state index in [4.69, 9.17) is 0 Å². The third kappa shape index (κ3) is 2.80. The average Bonchev–Trinajstić information content (AvgIpc) is 2.13. The van der Waals surface area contributed by atoms with Gasteiger partial charge in [-0.1, -0.05) is 0 Å². The molecule has 102 valence electrons. The summed E-state index contributed by atoms with van der Waals surface area (Å²) in [4.78, 5) is 28.2. The number of hydrogen-bond acceptors (Lipinski definition) is 4. The van der Waals surface area contributed by atoms with E-state index < -0.39 is 5.69 Å². The molecule has 1 heterocycles. The SMILES string of the molecule is CC(C)Nc1nc(=O)n(C(C)C)c(=O)n1C(C)C. The van der Waals surface area contributed by atoms with Crippen molar-refractivity contribution in [3.63, 3.8) is 0 Å². The van der Waals surface area contributed by atoms with E-state index in [1.807, 2.05) is 27.7 Å². The zero-order valence-corrected chi connectivity index (χ0v) is 11.9. The fraction of sp³-hybridized carbons (Fsp3) is 0.750. The molecule has 0 saturated heterocycles. The molecule has 1 aromatic heterocycles. The maximum absolute atomic E-state index is 12.3. The second-order valence-electron chi connectivity index (χ2n) is 5.23. The first kappa shape index (κ1) is 14.5. The van der Waals surface area contributed by atoms with E-state index in [1.54, 1.807) is 13.8 Å². The Morgan fingerprint density at radius 3 is 1.83 bits per heavy atom. The molecule has 0 aliphatic carbocycles. The molecule has 18 heavy (non-hydrogen) atoms. The van der Waals surface area contributed by atoms with Crippen LogP contribution in [0.2, 0.25) is 0 Å². The quantitative estimate of drug-likeness (QED) is 0.881.